The average Bonchev–Trinajstić information content (AvgIpc) is 2.42. The van der Waals surface area contributed by atoms with E-state index in [9.17, 15) is 4.79 Å². The monoisotopic (exact) mass is 316 g/mol. The Balaban J connectivity index is 2.84. The normalized spacial score (nSPS) is 14.5. The first kappa shape index (κ1) is 18.9. The van der Waals surface area contributed by atoms with Crippen molar-refractivity contribution in [2.75, 3.05) is 6.54 Å². The van der Waals surface area contributed by atoms with E-state index in [4.69, 9.17) is 4.74 Å². The van der Waals surface area contributed by atoms with E-state index in [1.165, 1.54) is 0 Å². The molecule has 0 aliphatic rings. The van der Waals surface area contributed by atoms with E-state index in [-0.39, 0.29) is 5.92 Å². The SMILES string of the molecule is C=CC/C=c1/ccc(C)n/c1=C/C(C)CNC(=O)OC(C)(C)C. The third-order valence-electron chi connectivity index (χ3n) is 3.01. The van der Waals surface area contributed by atoms with Crippen LogP contribution in [0.3, 0.4) is 0 Å². The van der Waals surface area contributed by atoms with Gasteiger partial charge < -0.3 is 10.1 Å². The summed E-state index contributed by atoms with van der Waals surface area (Å²) in [5.74, 6) is 0.146. The highest BCUT2D eigenvalue weighted by molar-refractivity contribution is 5.67. The molecule has 1 unspecified atom stereocenters. The van der Waals surface area contributed by atoms with Gasteiger partial charge in [-0.25, -0.2) is 4.79 Å². The molecule has 0 aromatic carbocycles. The second-order valence-corrected chi connectivity index (χ2v) is 6.68. The fourth-order valence-electron chi connectivity index (χ4n) is 1.99. The van der Waals surface area contributed by atoms with Gasteiger partial charge in [-0.05, 0) is 51.3 Å². The maximum Gasteiger partial charge on any atom is 0.407 e. The van der Waals surface area contributed by atoms with Crippen LogP contribution in [0.2, 0.25) is 0 Å². The van der Waals surface area contributed by atoms with Crippen molar-refractivity contribution in [3.63, 3.8) is 0 Å². The molecule has 1 aromatic rings. The fourth-order valence-corrected chi connectivity index (χ4v) is 1.99. The lowest BCUT2D eigenvalue weighted by molar-refractivity contribution is 0.0524. The predicted octanol–water partition coefficient (Wildman–Crippen LogP) is 2.69. The molecule has 0 radical (unpaired) electrons. The molecule has 4 heteroatoms. The highest BCUT2D eigenvalue weighted by Crippen LogP contribution is 2.06. The van der Waals surface area contributed by atoms with Crippen LogP contribution in [0.15, 0.2) is 24.8 Å². The second kappa shape index (κ2) is 8.51. The van der Waals surface area contributed by atoms with E-state index >= 15 is 0 Å². The molecule has 0 spiro atoms. The molecule has 126 valence electrons. The molecule has 0 saturated heterocycles. The summed E-state index contributed by atoms with van der Waals surface area (Å²) in [6, 6.07) is 4.06. The summed E-state index contributed by atoms with van der Waals surface area (Å²) in [7, 11) is 0. The smallest absolute Gasteiger partial charge is 0.407 e. The van der Waals surface area contributed by atoms with E-state index in [0.29, 0.717) is 6.54 Å². The molecule has 4 nitrogen and oxygen atoms in total. The Morgan fingerprint density at radius 1 is 1.43 bits per heavy atom. The van der Waals surface area contributed by atoms with E-state index < -0.39 is 11.7 Å². The van der Waals surface area contributed by atoms with Crippen LogP contribution >= 0.6 is 0 Å². The molecule has 0 aliphatic heterocycles. The van der Waals surface area contributed by atoms with Crippen molar-refractivity contribution >= 4 is 18.2 Å². The Kier molecular flexibility index (Phi) is 7.01. The Bertz CT molecular complexity index is 657. The van der Waals surface area contributed by atoms with Crippen LogP contribution in [0, 0.1) is 12.8 Å². The fraction of sp³-hybridized carbons (Fsp3) is 0.474. The summed E-state index contributed by atoms with van der Waals surface area (Å²) in [6.07, 6.45) is 6.43. The van der Waals surface area contributed by atoms with Gasteiger partial charge in [0.25, 0.3) is 0 Å². The van der Waals surface area contributed by atoms with Gasteiger partial charge in [0.1, 0.15) is 5.60 Å². The zero-order chi connectivity index (χ0) is 17.5. The van der Waals surface area contributed by atoms with Gasteiger partial charge in [-0.1, -0.05) is 31.2 Å². The molecule has 1 rings (SSSR count). The molecule has 0 fully saturated rings. The third kappa shape index (κ3) is 7.63. The summed E-state index contributed by atoms with van der Waals surface area (Å²) in [6.45, 7) is 13.8. The van der Waals surface area contributed by atoms with Crippen LogP contribution in [-0.2, 0) is 4.74 Å². The number of allylic oxidation sites excluding steroid dienone is 1. The first-order chi connectivity index (χ1) is 10.7. The maximum atomic E-state index is 11.7. The Labute approximate surface area is 139 Å². The van der Waals surface area contributed by atoms with Crippen molar-refractivity contribution in [1.29, 1.82) is 0 Å². The number of hydrogen-bond acceptors (Lipinski definition) is 3. The molecular formula is C19H28N2O2. The molecule has 23 heavy (non-hydrogen) atoms. The van der Waals surface area contributed by atoms with Gasteiger partial charge in [0, 0.05) is 12.2 Å². The minimum atomic E-state index is -0.484. The van der Waals surface area contributed by atoms with Gasteiger partial charge in [0.15, 0.2) is 0 Å². The van der Waals surface area contributed by atoms with Crippen LogP contribution in [0.1, 0.15) is 39.8 Å². The first-order valence-electron chi connectivity index (χ1n) is 7.94. The van der Waals surface area contributed by atoms with Gasteiger partial charge in [-0.2, -0.15) is 0 Å². The molecule has 0 saturated carbocycles. The van der Waals surface area contributed by atoms with E-state index in [2.05, 4.69) is 35.1 Å². The maximum absolute atomic E-state index is 11.7. The van der Waals surface area contributed by atoms with Crippen molar-refractivity contribution in [2.24, 2.45) is 5.92 Å². The number of alkyl carbamates (subject to hydrolysis) is 1. The number of pyridine rings is 1. The van der Waals surface area contributed by atoms with Crippen LogP contribution < -0.4 is 15.9 Å². The Hall–Kier alpha value is -2.10. The Morgan fingerprint density at radius 3 is 2.74 bits per heavy atom. The van der Waals surface area contributed by atoms with Crippen LogP contribution in [-0.4, -0.2) is 23.2 Å². The van der Waals surface area contributed by atoms with E-state index in [1.807, 2.05) is 46.8 Å². The van der Waals surface area contributed by atoms with Crippen molar-refractivity contribution < 1.29 is 9.53 Å². The summed E-state index contributed by atoms with van der Waals surface area (Å²) < 4.78 is 5.24. The molecule has 1 atom stereocenters. The van der Waals surface area contributed by atoms with Crippen molar-refractivity contribution in [3.8, 4) is 0 Å². The van der Waals surface area contributed by atoms with Gasteiger partial charge in [0.05, 0.1) is 5.35 Å². The van der Waals surface area contributed by atoms with Crippen molar-refractivity contribution in [2.45, 2.75) is 46.6 Å². The highest BCUT2D eigenvalue weighted by Gasteiger charge is 2.15. The molecule has 1 aromatic heterocycles. The zero-order valence-corrected chi connectivity index (χ0v) is 14.8. The number of nitrogens with zero attached hydrogens (tertiary/aromatic N) is 1. The van der Waals surface area contributed by atoms with E-state index in [1.54, 1.807) is 0 Å². The molecular weight excluding hydrogens is 288 g/mol. The zero-order valence-electron chi connectivity index (χ0n) is 14.8. The van der Waals surface area contributed by atoms with Gasteiger partial charge in [-0.15, -0.1) is 6.58 Å². The lowest BCUT2D eigenvalue weighted by Crippen LogP contribution is -2.35. The van der Waals surface area contributed by atoms with Crippen LogP contribution in [0.5, 0.6) is 0 Å². The summed E-state index contributed by atoms with van der Waals surface area (Å²) in [4.78, 5) is 16.3. The predicted molar refractivity (Wildman–Crippen MR) is 95.4 cm³/mol. The van der Waals surface area contributed by atoms with E-state index in [0.717, 1.165) is 22.7 Å². The lowest BCUT2D eigenvalue weighted by Gasteiger charge is -2.20. The minimum Gasteiger partial charge on any atom is -0.444 e. The summed E-state index contributed by atoms with van der Waals surface area (Å²) in [5, 5.41) is 4.81. The minimum absolute atomic E-state index is 0.146. The molecule has 0 aliphatic carbocycles. The standard InChI is InChI=1S/C19H28N2O2/c1-7-8-9-16-11-10-15(3)21-17(16)12-14(2)13-20-18(22)23-19(4,5)6/h7,9-12,14H,1,8,13H2,2-6H3,(H,20,22)/b16-9-,17-12+. The largest absolute Gasteiger partial charge is 0.444 e. The van der Waals surface area contributed by atoms with Gasteiger partial charge >= 0.3 is 6.09 Å². The Morgan fingerprint density at radius 2 is 2.13 bits per heavy atom. The molecule has 0 bridgehead atoms. The van der Waals surface area contributed by atoms with Crippen LogP contribution in [0.25, 0.3) is 12.2 Å². The van der Waals surface area contributed by atoms with Crippen molar-refractivity contribution in [1.82, 2.24) is 10.3 Å². The number of carbonyl (C=O) groups excluding carboxylic acids is 1. The number of rotatable bonds is 5. The number of amides is 1. The molecule has 1 amide bonds. The lowest BCUT2D eigenvalue weighted by atomic mass is 10.1. The number of ether oxygens (including phenoxy) is 1. The molecule has 1 heterocycles. The quantitative estimate of drug-likeness (QED) is 0.850. The highest BCUT2D eigenvalue weighted by atomic mass is 16.6. The van der Waals surface area contributed by atoms with Crippen molar-refractivity contribution in [3.05, 3.63) is 41.0 Å². The van der Waals surface area contributed by atoms with Gasteiger partial charge in [-0.3, -0.25) is 4.98 Å². The summed E-state index contributed by atoms with van der Waals surface area (Å²) >= 11 is 0. The van der Waals surface area contributed by atoms with Gasteiger partial charge in [0.2, 0.25) is 0 Å². The molecule has 1 N–H and O–H groups in total. The number of carbonyl (C=O) groups is 1. The number of aromatic nitrogens is 1. The number of hydrogen-bond donors (Lipinski definition) is 1. The summed E-state index contributed by atoms with van der Waals surface area (Å²) in [5.41, 5.74) is 0.487. The average molecular weight is 316 g/mol. The second-order valence-electron chi connectivity index (χ2n) is 6.68. The van der Waals surface area contributed by atoms with Crippen LogP contribution in [0.4, 0.5) is 4.79 Å². The third-order valence-corrected chi connectivity index (χ3v) is 3.01. The number of nitrogens with one attached hydrogen (secondary N) is 1. The number of aryl methyl sites for hydroxylation is 1. The topological polar surface area (TPSA) is 51.2 Å². The first-order valence-corrected chi connectivity index (χ1v) is 7.94.